The molecule has 2 aromatic heterocycles. The third-order valence-corrected chi connectivity index (χ3v) is 4.33. The molecule has 5 heteroatoms. The van der Waals surface area contributed by atoms with E-state index in [2.05, 4.69) is 20.9 Å². The van der Waals surface area contributed by atoms with Gasteiger partial charge in [0, 0.05) is 24.2 Å². The van der Waals surface area contributed by atoms with E-state index in [0.717, 1.165) is 15.2 Å². The normalized spacial score (nSPS) is 18.9. The molecule has 0 aromatic carbocycles. The number of halogens is 1. The maximum Gasteiger partial charge on any atom is 0.135 e. The Hall–Kier alpha value is -0.810. The maximum absolute atomic E-state index is 5.63. The van der Waals surface area contributed by atoms with Crippen LogP contribution in [0.5, 0.6) is 5.75 Å². The summed E-state index contributed by atoms with van der Waals surface area (Å²) in [6.45, 7) is 0.702. The third kappa shape index (κ3) is 1.41. The van der Waals surface area contributed by atoms with Crippen LogP contribution in [-0.2, 0) is 7.05 Å². The summed E-state index contributed by atoms with van der Waals surface area (Å²) in [6.07, 6.45) is 3.88. The van der Waals surface area contributed by atoms with Crippen molar-refractivity contribution >= 4 is 27.3 Å². The number of ether oxygens (including phenoxy) is 1. The number of aryl methyl sites for hydroxylation is 1. The number of rotatable bonds is 1. The monoisotopic (exact) mass is 284 g/mol. The summed E-state index contributed by atoms with van der Waals surface area (Å²) in [5.74, 6) is 1.28. The van der Waals surface area contributed by atoms with Crippen molar-refractivity contribution in [3.05, 3.63) is 32.9 Å². The van der Waals surface area contributed by atoms with E-state index in [-0.39, 0.29) is 5.92 Å². The van der Waals surface area contributed by atoms with Gasteiger partial charge in [0.05, 0.1) is 21.7 Å². The lowest BCUT2D eigenvalue weighted by atomic mass is 10.0. The van der Waals surface area contributed by atoms with Gasteiger partial charge in [-0.05, 0) is 15.9 Å². The van der Waals surface area contributed by atoms with Gasteiger partial charge in [0.2, 0.25) is 0 Å². The van der Waals surface area contributed by atoms with Gasteiger partial charge in [-0.3, -0.25) is 0 Å². The Labute approximate surface area is 99.8 Å². The maximum atomic E-state index is 5.63. The second kappa shape index (κ2) is 3.35. The van der Waals surface area contributed by atoms with E-state index >= 15 is 0 Å². The molecule has 2 aromatic rings. The molecule has 15 heavy (non-hydrogen) atoms. The molecule has 0 saturated carbocycles. The molecule has 0 N–H and O–H groups in total. The number of fused-ring (bicyclic) bond motifs is 1. The van der Waals surface area contributed by atoms with Crippen molar-refractivity contribution in [2.24, 2.45) is 7.05 Å². The zero-order valence-electron chi connectivity index (χ0n) is 8.11. The van der Waals surface area contributed by atoms with E-state index in [1.54, 1.807) is 11.3 Å². The standard InChI is InChI=1S/C10H9BrN2OS/c1-13-2-7(12-5-13)6-3-14-8-4-15-10(11)9(6)8/h2,4-6H,3H2,1H3. The summed E-state index contributed by atoms with van der Waals surface area (Å²) in [5.41, 5.74) is 2.33. The third-order valence-electron chi connectivity index (χ3n) is 2.58. The summed E-state index contributed by atoms with van der Waals surface area (Å²) in [4.78, 5) is 4.38. The van der Waals surface area contributed by atoms with E-state index in [0.29, 0.717) is 6.61 Å². The molecule has 3 rings (SSSR count). The fraction of sp³-hybridized carbons (Fsp3) is 0.300. The van der Waals surface area contributed by atoms with Crippen LogP contribution in [0.4, 0.5) is 0 Å². The van der Waals surface area contributed by atoms with Gasteiger partial charge in [-0.25, -0.2) is 4.98 Å². The molecule has 1 aliphatic rings. The predicted octanol–water partition coefficient (Wildman–Crippen LogP) is 2.77. The SMILES string of the molecule is Cn1cnc(C2COc3csc(Br)c32)c1. The molecule has 0 saturated heterocycles. The second-order valence-corrected chi connectivity index (χ2v) is 5.81. The van der Waals surface area contributed by atoms with Crippen LogP contribution >= 0.6 is 27.3 Å². The van der Waals surface area contributed by atoms with E-state index < -0.39 is 0 Å². The van der Waals surface area contributed by atoms with Crippen molar-refractivity contribution in [3.63, 3.8) is 0 Å². The van der Waals surface area contributed by atoms with Gasteiger partial charge >= 0.3 is 0 Å². The van der Waals surface area contributed by atoms with Gasteiger partial charge in [0.1, 0.15) is 12.4 Å². The second-order valence-electron chi connectivity index (χ2n) is 3.61. The highest BCUT2D eigenvalue weighted by molar-refractivity contribution is 9.11. The average molecular weight is 285 g/mol. The van der Waals surface area contributed by atoms with Gasteiger partial charge in [-0.1, -0.05) is 0 Å². The van der Waals surface area contributed by atoms with Crippen LogP contribution < -0.4 is 4.74 Å². The summed E-state index contributed by atoms with van der Waals surface area (Å²) < 4.78 is 8.75. The fourth-order valence-electron chi connectivity index (χ4n) is 1.85. The van der Waals surface area contributed by atoms with Crippen molar-refractivity contribution < 1.29 is 4.74 Å². The lowest BCUT2D eigenvalue weighted by molar-refractivity contribution is 0.342. The molecule has 0 spiro atoms. The zero-order chi connectivity index (χ0) is 10.4. The molecule has 1 atom stereocenters. The molecule has 0 amide bonds. The van der Waals surface area contributed by atoms with Crippen LogP contribution in [0.15, 0.2) is 21.7 Å². The zero-order valence-corrected chi connectivity index (χ0v) is 10.5. The Kier molecular flexibility index (Phi) is 2.10. The van der Waals surface area contributed by atoms with Crippen LogP contribution in [0.25, 0.3) is 0 Å². The minimum absolute atomic E-state index is 0.279. The smallest absolute Gasteiger partial charge is 0.135 e. The molecule has 0 bridgehead atoms. The molecule has 0 aliphatic carbocycles. The molecular formula is C10H9BrN2OS. The van der Waals surface area contributed by atoms with E-state index in [4.69, 9.17) is 4.74 Å². The van der Waals surface area contributed by atoms with Crippen molar-refractivity contribution in [2.75, 3.05) is 6.61 Å². The van der Waals surface area contributed by atoms with Gasteiger partial charge in [0.25, 0.3) is 0 Å². The van der Waals surface area contributed by atoms with Crippen LogP contribution in [0.3, 0.4) is 0 Å². The molecular weight excluding hydrogens is 276 g/mol. The highest BCUT2D eigenvalue weighted by atomic mass is 79.9. The number of nitrogens with zero attached hydrogens (tertiary/aromatic N) is 2. The molecule has 1 aliphatic heterocycles. The van der Waals surface area contributed by atoms with Crippen LogP contribution in [-0.4, -0.2) is 16.2 Å². The minimum atomic E-state index is 0.279. The predicted molar refractivity (Wildman–Crippen MR) is 62.6 cm³/mol. The van der Waals surface area contributed by atoms with Crippen molar-refractivity contribution in [2.45, 2.75) is 5.92 Å². The molecule has 0 fully saturated rings. The van der Waals surface area contributed by atoms with Gasteiger partial charge in [-0.2, -0.15) is 0 Å². The van der Waals surface area contributed by atoms with Gasteiger partial charge in [0.15, 0.2) is 0 Å². The molecule has 78 valence electrons. The molecule has 3 nitrogen and oxygen atoms in total. The van der Waals surface area contributed by atoms with Crippen molar-refractivity contribution in [3.8, 4) is 5.75 Å². The van der Waals surface area contributed by atoms with Crippen LogP contribution in [0.2, 0.25) is 0 Å². The largest absolute Gasteiger partial charge is 0.491 e. The fourth-order valence-corrected chi connectivity index (χ4v) is 3.38. The number of hydrogen-bond acceptors (Lipinski definition) is 3. The molecule has 3 heterocycles. The lowest BCUT2D eigenvalue weighted by Crippen LogP contribution is -2.03. The Morgan fingerprint density at radius 2 is 2.53 bits per heavy atom. The van der Waals surface area contributed by atoms with E-state index in [1.165, 1.54) is 5.56 Å². The summed E-state index contributed by atoms with van der Waals surface area (Å²) >= 11 is 5.23. The first-order valence-electron chi connectivity index (χ1n) is 4.63. The Morgan fingerprint density at radius 3 is 3.27 bits per heavy atom. The highest BCUT2D eigenvalue weighted by Crippen LogP contribution is 2.45. The summed E-state index contributed by atoms with van der Waals surface area (Å²) in [5, 5.41) is 2.04. The Morgan fingerprint density at radius 1 is 1.67 bits per heavy atom. The van der Waals surface area contributed by atoms with Gasteiger partial charge in [-0.15, -0.1) is 11.3 Å². The van der Waals surface area contributed by atoms with E-state index in [1.807, 2.05) is 29.5 Å². The number of thiophene rings is 1. The first kappa shape index (κ1) is 9.42. The Balaban J connectivity index is 2.06. The van der Waals surface area contributed by atoms with Gasteiger partial charge < -0.3 is 9.30 Å². The summed E-state index contributed by atoms with van der Waals surface area (Å²) in [7, 11) is 1.98. The van der Waals surface area contributed by atoms with Crippen LogP contribution in [0.1, 0.15) is 17.2 Å². The first-order chi connectivity index (χ1) is 7.25. The summed E-state index contributed by atoms with van der Waals surface area (Å²) in [6, 6.07) is 0. The van der Waals surface area contributed by atoms with E-state index in [9.17, 15) is 0 Å². The van der Waals surface area contributed by atoms with Crippen molar-refractivity contribution in [1.29, 1.82) is 0 Å². The lowest BCUT2D eigenvalue weighted by Gasteiger charge is -2.04. The number of aromatic nitrogens is 2. The minimum Gasteiger partial charge on any atom is -0.491 e. The number of imidazole rings is 1. The molecule has 1 unspecified atom stereocenters. The molecule has 0 radical (unpaired) electrons. The van der Waals surface area contributed by atoms with Crippen molar-refractivity contribution in [1.82, 2.24) is 9.55 Å². The van der Waals surface area contributed by atoms with Crippen LogP contribution in [0, 0.1) is 0 Å². The topological polar surface area (TPSA) is 27.1 Å². The Bertz CT molecular complexity index is 505. The first-order valence-corrected chi connectivity index (χ1v) is 6.30. The highest BCUT2D eigenvalue weighted by Gasteiger charge is 2.30. The quantitative estimate of drug-likeness (QED) is 0.805. The average Bonchev–Trinajstić information content (AvgIpc) is 2.84. The number of hydrogen-bond donors (Lipinski definition) is 0.